The summed E-state index contributed by atoms with van der Waals surface area (Å²) in [6.07, 6.45) is 1.43. The van der Waals surface area contributed by atoms with Crippen LogP contribution in [0.5, 0.6) is 5.75 Å². The van der Waals surface area contributed by atoms with Gasteiger partial charge in [0.1, 0.15) is 11.3 Å². The Balaban J connectivity index is 2.09. The number of aromatic nitrogens is 1. The van der Waals surface area contributed by atoms with Crippen LogP contribution in [-0.2, 0) is 10.8 Å². The number of amides is 1. The Hall–Kier alpha value is -3.08. The average molecular weight is 392 g/mol. The first kappa shape index (κ1) is 20.6. The molecule has 0 aliphatic rings. The molecule has 0 radical (unpaired) electrons. The van der Waals surface area contributed by atoms with Gasteiger partial charge < -0.3 is 15.4 Å². The van der Waals surface area contributed by atoms with Gasteiger partial charge in [-0.1, -0.05) is 59.7 Å². The van der Waals surface area contributed by atoms with E-state index in [0.717, 1.165) is 5.56 Å². The van der Waals surface area contributed by atoms with E-state index >= 15 is 0 Å². The number of pyridine rings is 1. The summed E-state index contributed by atoms with van der Waals surface area (Å²) in [5.41, 5.74) is 1.68. The molecule has 2 aromatic carbocycles. The van der Waals surface area contributed by atoms with Crippen LogP contribution >= 0.6 is 0 Å². The fourth-order valence-corrected chi connectivity index (χ4v) is 3.59. The highest BCUT2D eigenvalue weighted by Crippen LogP contribution is 2.43. The highest BCUT2D eigenvalue weighted by molar-refractivity contribution is 6.06. The maximum Gasteiger partial charge on any atom is 0.261 e. The van der Waals surface area contributed by atoms with Crippen molar-refractivity contribution >= 4 is 22.5 Å². The van der Waals surface area contributed by atoms with Crippen LogP contribution in [0.1, 0.15) is 63.0 Å². The SMILES string of the molecule is CC(C)(C)c1ccc(NC(=O)c2c[nH]c3ccccc3c2=O)c(C(C)(C)C)c1O. The third-order valence-electron chi connectivity index (χ3n) is 5.02. The molecule has 1 aromatic heterocycles. The van der Waals surface area contributed by atoms with Crippen molar-refractivity contribution in [3.05, 3.63) is 69.5 Å². The van der Waals surface area contributed by atoms with Crippen LogP contribution in [0.15, 0.2) is 47.4 Å². The molecule has 0 unspecified atom stereocenters. The molecule has 0 saturated heterocycles. The number of fused-ring (bicyclic) bond motifs is 1. The van der Waals surface area contributed by atoms with Gasteiger partial charge >= 0.3 is 0 Å². The zero-order chi connectivity index (χ0) is 21.6. The van der Waals surface area contributed by atoms with Crippen molar-refractivity contribution in [3.63, 3.8) is 0 Å². The van der Waals surface area contributed by atoms with Gasteiger partial charge in [-0.05, 0) is 34.6 Å². The molecule has 0 bridgehead atoms. The van der Waals surface area contributed by atoms with E-state index in [1.165, 1.54) is 6.20 Å². The van der Waals surface area contributed by atoms with Gasteiger partial charge in [0.25, 0.3) is 5.91 Å². The van der Waals surface area contributed by atoms with Crippen LogP contribution in [0.2, 0.25) is 0 Å². The molecule has 29 heavy (non-hydrogen) atoms. The first-order valence-electron chi connectivity index (χ1n) is 9.70. The highest BCUT2D eigenvalue weighted by Gasteiger charge is 2.29. The number of phenolic OH excluding ortho intramolecular Hbond substituents is 1. The molecule has 0 spiro atoms. The standard InChI is InChI=1S/C24H28N2O3/c1-23(2,3)16-11-12-18(19(21(16)28)24(4,5)6)26-22(29)15-13-25-17-10-8-7-9-14(17)20(15)27/h7-13,28H,1-6H3,(H,25,27)(H,26,29). The summed E-state index contributed by atoms with van der Waals surface area (Å²) in [5, 5.41) is 14.3. The maximum atomic E-state index is 12.9. The van der Waals surface area contributed by atoms with Gasteiger partial charge in [-0.2, -0.15) is 0 Å². The molecule has 0 atom stereocenters. The zero-order valence-electron chi connectivity index (χ0n) is 17.8. The van der Waals surface area contributed by atoms with Crippen LogP contribution in [0.3, 0.4) is 0 Å². The number of hydrogen-bond donors (Lipinski definition) is 3. The number of carbonyl (C=O) groups excluding carboxylic acids is 1. The molecule has 3 aromatic rings. The van der Waals surface area contributed by atoms with Crippen molar-refractivity contribution in [2.45, 2.75) is 52.4 Å². The van der Waals surface area contributed by atoms with Gasteiger partial charge in [-0.3, -0.25) is 9.59 Å². The van der Waals surface area contributed by atoms with Gasteiger partial charge in [0, 0.05) is 28.4 Å². The van der Waals surface area contributed by atoms with Crippen LogP contribution in [-0.4, -0.2) is 16.0 Å². The Morgan fingerprint density at radius 1 is 0.966 bits per heavy atom. The van der Waals surface area contributed by atoms with Gasteiger partial charge in [0.05, 0.1) is 0 Å². The molecule has 0 aliphatic heterocycles. The quantitative estimate of drug-likeness (QED) is 0.569. The molecule has 1 amide bonds. The van der Waals surface area contributed by atoms with E-state index < -0.39 is 11.3 Å². The number of para-hydroxylation sites is 1. The number of nitrogens with one attached hydrogen (secondary N) is 2. The minimum absolute atomic E-state index is 0.0305. The van der Waals surface area contributed by atoms with Crippen molar-refractivity contribution in [2.75, 3.05) is 5.32 Å². The predicted molar refractivity (Wildman–Crippen MR) is 118 cm³/mol. The Bertz CT molecular complexity index is 1150. The number of hydrogen-bond acceptors (Lipinski definition) is 3. The number of aromatic amines is 1. The van der Waals surface area contributed by atoms with Crippen LogP contribution in [0, 0.1) is 0 Å². The van der Waals surface area contributed by atoms with Crippen LogP contribution in [0.25, 0.3) is 10.9 Å². The fourth-order valence-electron chi connectivity index (χ4n) is 3.59. The Morgan fingerprint density at radius 2 is 1.62 bits per heavy atom. The summed E-state index contributed by atoms with van der Waals surface area (Å²) in [7, 11) is 0. The van der Waals surface area contributed by atoms with Crippen molar-refractivity contribution in [3.8, 4) is 5.75 Å². The molecule has 5 heteroatoms. The summed E-state index contributed by atoms with van der Waals surface area (Å²) in [4.78, 5) is 28.7. The lowest BCUT2D eigenvalue weighted by Crippen LogP contribution is -2.25. The summed E-state index contributed by atoms with van der Waals surface area (Å²) in [6.45, 7) is 12.0. The fraction of sp³-hybridized carbons (Fsp3) is 0.333. The summed E-state index contributed by atoms with van der Waals surface area (Å²) in [6, 6.07) is 10.7. The second-order valence-corrected chi connectivity index (χ2v) is 9.42. The lowest BCUT2D eigenvalue weighted by molar-refractivity contribution is 0.102. The predicted octanol–water partition coefficient (Wildman–Crippen LogP) is 5.08. The number of phenols is 1. The molecule has 0 fully saturated rings. The van der Waals surface area contributed by atoms with E-state index in [1.807, 2.05) is 53.7 Å². The Morgan fingerprint density at radius 3 is 2.24 bits per heavy atom. The minimum atomic E-state index is -0.509. The van der Waals surface area contributed by atoms with E-state index in [-0.39, 0.29) is 22.2 Å². The number of anilines is 1. The number of aromatic hydroxyl groups is 1. The summed E-state index contributed by atoms with van der Waals surface area (Å²) >= 11 is 0. The van der Waals surface area contributed by atoms with Gasteiger partial charge in [0.2, 0.25) is 5.43 Å². The van der Waals surface area contributed by atoms with Crippen LogP contribution in [0.4, 0.5) is 5.69 Å². The lowest BCUT2D eigenvalue weighted by Gasteiger charge is -2.29. The lowest BCUT2D eigenvalue weighted by atomic mass is 9.78. The first-order chi connectivity index (χ1) is 13.4. The Labute approximate surface area is 170 Å². The average Bonchev–Trinajstić information content (AvgIpc) is 2.60. The molecule has 3 rings (SSSR count). The summed E-state index contributed by atoms with van der Waals surface area (Å²) < 4.78 is 0. The maximum absolute atomic E-state index is 12.9. The second-order valence-electron chi connectivity index (χ2n) is 9.42. The second kappa shape index (κ2) is 7.07. The highest BCUT2D eigenvalue weighted by atomic mass is 16.3. The van der Waals surface area contributed by atoms with Gasteiger partial charge in [-0.15, -0.1) is 0 Å². The first-order valence-corrected chi connectivity index (χ1v) is 9.70. The molecular weight excluding hydrogens is 364 g/mol. The molecule has 0 aliphatic carbocycles. The summed E-state index contributed by atoms with van der Waals surface area (Å²) in [5.74, 6) is -0.333. The van der Waals surface area contributed by atoms with E-state index in [4.69, 9.17) is 0 Å². The van der Waals surface area contributed by atoms with Crippen molar-refractivity contribution in [2.24, 2.45) is 0 Å². The van der Waals surface area contributed by atoms with E-state index in [2.05, 4.69) is 10.3 Å². The molecule has 152 valence electrons. The number of rotatable bonds is 2. The normalized spacial score (nSPS) is 12.2. The zero-order valence-corrected chi connectivity index (χ0v) is 17.8. The number of H-pyrrole nitrogens is 1. The third kappa shape index (κ3) is 3.90. The molecule has 0 saturated carbocycles. The molecule has 1 heterocycles. The minimum Gasteiger partial charge on any atom is -0.507 e. The smallest absolute Gasteiger partial charge is 0.261 e. The van der Waals surface area contributed by atoms with Gasteiger partial charge in [-0.25, -0.2) is 0 Å². The monoisotopic (exact) mass is 392 g/mol. The Kier molecular flexibility index (Phi) is 5.03. The topological polar surface area (TPSA) is 82.2 Å². The molecular formula is C24H28N2O3. The number of carbonyl (C=O) groups is 1. The van der Waals surface area contributed by atoms with Crippen molar-refractivity contribution < 1.29 is 9.90 Å². The van der Waals surface area contributed by atoms with Gasteiger partial charge in [0.15, 0.2) is 0 Å². The molecule has 5 nitrogen and oxygen atoms in total. The molecule has 3 N–H and O–H groups in total. The van der Waals surface area contributed by atoms with Crippen molar-refractivity contribution in [1.29, 1.82) is 0 Å². The number of benzene rings is 2. The van der Waals surface area contributed by atoms with Crippen molar-refractivity contribution in [1.82, 2.24) is 4.98 Å². The van der Waals surface area contributed by atoms with Crippen LogP contribution < -0.4 is 10.7 Å². The third-order valence-corrected chi connectivity index (χ3v) is 5.02. The largest absolute Gasteiger partial charge is 0.507 e. The van der Waals surface area contributed by atoms with E-state index in [0.29, 0.717) is 22.2 Å². The van der Waals surface area contributed by atoms with E-state index in [1.54, 1.807) is 24.3 Å². The van der Waals surface area contributed by atoms with E-state index in [9.17, 15) is 14.7 Å².